The van der Waals surface area contributed by atoms with Crippen molar-refractivity contribution < 1.29 is 4.79 Å². The number of aryl methyl sites for hydroxylation is 1. The Hall–Kier alpha value is -3.62. The molecule has 2 N–H and O–H groups in total. The average Bonchev–Trinajstić information content (AvgIpc) is 3.54. The Balaban J connectivity index is 1.34. The number of carbonyl (C=O) groups is 1. The number of carbonyl (C=O) groups excluding carboxylic acids is 1. The van der Waals surface area contributed by atoms with Crippen molar-refractivity contribution in [1.29, 1.82) is 0 Å². The largest absolute Gasteiger partial charge is 0.383 e. The maximum Gasteiger partial charge on any atom is 0.222 e. The van der Waals surface area contributed by atoms with Crippen molar-refractivity contribution in [3.8, 4) is 11.3 Å². The Morgan fingerprint density at radius 2 is 1.91 bits per heavy atom. The maximum atomic E-state index is 12.5. The van der Waals surface area contributed by atoms with Gasteiger partial charge in [0, 0.05) is 31.3 Å². The molecule has 0 radical (unpaired) electrons. The molecular formula is C24H26N8O. The molecule has 2 aliphatic rings. The molecule has 33 heavy (non-hydrogen) atoms. The lowest BCUT2D eigenvalue weighted by atomic mass is 10.0. The first kappa shape index (κ1) is 20.0. The summed E-state index contributed by atoms with van der Waals surface area (Å²) in [4.78, 5) is 28.3. The van der Waals surface area contributed by atoms with Crippen molar-refractivity contribution in [2.24, 2.45) is 5.92 Å². The van der Waals surface area contributed by atoms with Gasteiger partial charge in [0.1, 0.15) is 22.4 Å². The van der Waals surface area contributed by atoms with Crippen LogP contribution in [0.3, 0.4) is 0 Å². The van der Waals surface area contributed by atoms with Gasteiger partial charge in [-0.05, 0) is 62.3 Å². The summed E-state index contributed by atoms with van der Waals surface area (Å²) >= 11 is 0. The number of pyridine rings is 3. The minimum Gasteiger partial charge on any atom is -0.383 e. The zero-order valence-electron chi connectivity index (χ0n) is 18.6. The number of fused-ring (bicyclic) bond motifs is 3. The molecule has 0 spiro atoms. The Morgan fingerprint density at radius 1 is 1.09 bits per heavy atom. The molecule has 1 aliphatic carbocycles. The fraction of sp³-hybridized carbons (Fsp3) is 0.417. The van der Waals surface area contributed by atoms with Crippen molar-refractivity contribution in [2.45, 2.75) is 45.1 Å². The summed E-state index contributed by atoms with van der Waals surface area (Å²) < 4.78 is 1.99. The zero-order valence-corrected chi connectivity index (χ0v) is 18.6. The zero-order chi connectivity index (χ0) is 22.5. The van der Waals surface area contributed by atoms with Crippen LogP contribution < -0.4 is 5.73 Å². The van der Waals surface area contributed by atoms with Crippen LogP contribution >= 0.6 is 0 Å². The van der Waals surface area contributed by atoms with Crippen LogP contribution in [-0.2, 0) is 4.79 Å². The van der Waals surface area contributed by atoms with E-state index in [1.54, 1.807) is 12.4 Å². The van der Waals surface area contributed by atoms with Crippen LogP contribution in [0.2, 0.25) is 0 Å². The van der Waals surface area contributed by atoms with E-state index in [0.29, 0.717) is 24.1 Å². The molecule has 0 aromatic carbocycles. The van der Waals surface area contributed by atoms with Crippen LogP contribution in [0.25, 0.3) is 33.3 Å². The molecule has 168 valence electrons. The fourth-order valence-corrected chi connectivity index (χ4v) is 4.68. The van der Waals surface area contributed by atoms with Gasteiger partial charge >= 0.3 is 0 Å². The summed E-state index contributed by atoms with van der Waals surface area (Å²) in [5.74, 6) is 1.44. The quantitative estimate of drug-likeness (QED) is 0.515. The van der Waals surface area contributed by atoms with Gasteiger partial charge in [-0.1, -0.05) is 5.21 Å². The number of nitrogens with two attached hydrogens (primary N) is 1. The van der Waals surface area contributed by atoms with Crippen LogP contribution in [0.5, 0.6) is 0 Å². The van der Waals surface area contributed by atoms with Crippen LogP contribution in [0, 0.1) is 12.8 Å². The monoisotopic (exact) mass is 442 g/mol. The number of hydrogen-bond donors (Lipinski definition) is 1. The van der Waals surface area contributed by atoms with Crippen molar-refractivity contribution in [2.75, 3.05) is 18.8 Å². The van der Waals surface area contributed by atoms with Crippen molar-refractivity contribution in [1.82, 2.24) is 34.8 Å². The molecule has 1 saturated heterocycles. The summed E-state index contributed by atoms with van der Waals surface area (Å²) in [6, 6.07) is 6.09. The molecule has 1 saturated carbocycles. The number of nitrogen functional groups attached to an aromatic ring is 1. The molecule has 9 nitrogen and oxygen atoms in total. The predicted octanol–water partition coefficient (Wildman–Crippen LogP) is 3.29. The summed E-state index contributed by atoms with van der Waals surface area (Å²) in [6.07, 6.45) is 8.34. The van der Waals surface area contributed by atoms with E-state index in [4.69, 9.17) is 10.7 Å². The van der Waals surface area contributed by atoms with Crippen LogP contribution in [0.4, 0.5) is 5.82 Å². The number of amides is 1. The molecule has 6 rings (SSSR count). The first-order valence-corrected chi connectivity index (χ1v) is 11.6. The summed E-state index contributed by atoms with van der Waals surface area (Å²) in [5.41, 5.74) is 11.7. The highest BCUT2D eigenvalue weighted by Gasteiger charge is 2.30. The van der Waals surface area contributed by atoms with Gasteiger partial charge in [-0.3, -0.25) is 9.78 Å². The highest BCUT2D eigenvalue weighted by Crippen LogP contribution is 2.34. The van der Waals surface area contributed by atoms with Gasteiger partial charge in [0.2, 0.25) is 5.91 Å². The minimum atomic E-state index is 0.177. The first-order valence-electron chi connectivity index (χ1n) is 11.6. The number of nitrogens with zero attached hydrogens (tertiary/aromatic N) is 7. The van der Waals surface area contributed by atoms with Gasteiger partial charge < -0.3 is 10.6 Å². The lowest BCUT2D eigenvalue weighted by Crippen LogP contribution is -2.39. The van der Waals surface area contributed by atoms with E-state index < -0.39 is 0 Å². The summed E-state index contributed by atoms with van der Waals surface area (Å²) in [7, 11) is 0. The Labute approximate surface area is 191 Å². The SMILES string of the molecule is Cc1cc(-c2ccc3ncc4nnn(C5CCN(C(=O)CC6CC6)CC5)c4c3n2)cnc1N. The van der Waals surface area contributed by atoms with Gasteiger partial charge in [0.25, 0.3) is 0 Å². The van der Waals surface area contributed by atoms with Crippen molar-refractivity contribution in [3.05, 3.63) is 36.2 Å². The molecule has 1 amide bonds. The second kappa shape index (κ2) is 7.75. The number of likely N-dealkylation sites (tertiary alicyclic amines) is 1. The van der Waals surface area contributed by atoms with Gasteiger partial charge in [-0.25, -0.2) is 14.6 Å². The van der Waals surface area contributed by atoms with Gasteiger partial charge in [-0.2, -0.15) is 0 Å². The third kappa shape index (κ3) is 3.67. The molecule has 5 heterocycles. The normalized spacial score (nSPS) is 17.2. The standard InChI is InChI=1S/C24H26N8O/c1-14-10-16(12-27-24(14)25)18-4-5-19-22(28-18)23-20(13-26-19)29-30-32(23)17-6-8-31(9-7-17)21(33)11-15-2-3-15/h4-5,10,12-13,15,17H,2-3,6-9,11H2,1H3,(H2,25,27). The summed E-state index contributed by atoms with van der Waals surface area (Å²) in [6.45, 7) is 3.46. The predicted molar refractivity (Wildman–Crippen MR) is 125 cm³/mol. The lowest BCUT2D eigenvalue weighted by molar-refractivity contribution is -0.132. The fourth-order valence-electron chi connectivity index (χ4n) is 4.68. The smallest absolute Gasteiger partial charge is 0.222 e. The second-order valence-electron chi connectivity index (χ2n) is 9.28. The molecular weight excluding hydrogens is 416 g/mol. The highest BCUT2D eigenvalue weighted by molar-refractivity contribution is 5.99. The molecule has 2 fully saturated rings. The average molecular weight is 443 g/mol. The Morgan fingerprint density at radius 3 is 2.67 bits per heavy atom. The second-order valence-corrected chi connectivity index (χ2v) is 9.28. The number of hydrogen-bond acceptors (Lipinski definition) is 7. The third-order valence-electron chi connectivity index (χ3n) is 6.88. The highest BCUT2D eigenvalue weighted by atomic mass is 16.2. The first-order chi connectivity index (χ1) is 16.1. The van der Waals surface area contributed by atoms with Gasteiger partial charge in [0.15, 0.2) is 0 Å². The van der Waals surface area contributed by atoms with Gasteiger partial charge in [0.05, 0.1) is 23.4 Å². The van der Waals surface area contributed by atoms with E-state index in [1.165, 1.54) is 12.8 Å². The maximum absolute atomic E-state index is 12.5. The molecule has 4 aromatic heterocycles. The lowest BCUT2D eigenvalue weighted by Gasteiger charge is -2.32. The summed E-state index contributed by atoms with van der Waals surface area (Å²) in [5, 5.41) is 8.85. The molecule has 0 unspecified atom stereocenters. The number of anilines is 1. The number of rotatable bonds is 4. The number of piperidine rings is 1. The molecule has 9 heteroatoms. The van der Waals surface area contributed by atoms with Crippen LogP contribution in [-0.4, -0.2) is 53.8 Å². The third-order valence-corrected chi connectivity index (χ3v) is 6.88. The van der Waals surface area contributed by atoms with Crippen LogP contribution in [0.1, 0.15) is 43.7 Å². The van der Waals surface area contributed by atoms with E-state index in [-0.39, 0.29) is 6.04 Å². The van der Waals surface area contributed by atoms with E-state index in [0.717, 1.165) is 64.8 Å². The van der Waals surface area contributed by atoms with E-state index in [2.05, 4.69) is 20.3 Å². The van der Waals surface area contributed by atoms with E-state index >= 15 is 0 Å². The minimum absolute atomic E-state index is 0.177. The Kier molecular flexibility index (Phi) is 4.70. The number of aromatic nitrogens is 6. The molecule has 0 bridgehead atoms. The van der Waals surface area contributed by atoms with Crippen molar-refractivity contribution in [3.63, 3.8) is 0 Å². The topological polar surface area (TPSA) is 116 Å². The van der Waals surface area contributed by atoms with Crippen LogP contribution in [0.15, 0.2) is 30.6 Å². The van der Waals surface area contributed by atoms with Gasteiger partial charge in [-0.15, -0.1) is 5.10 Å². The van der Waals surface area contributed by atoms with Crippen molar-refractivity contribution >= 4 is 33.8 Å². The molecule has 4 aromatic rings. The molecule has 0 atom stereocenters. The molecule has 1 aliphatic heterocycles. The van der Waals surface area contributed by atoms with E-state index in [1.807, 2.05) is 34.7 Å². The van der Waals surface area contributed by atoms with E-state index in [9.17, 15) is 4.79 Å². The Bertz CT molecular complexity index is 1370.